The van der Waals surface area contributed by atoms with Crippen molar-refractivity contribution >= 4 is 46.8 Å². The summed E-state index contributed by atoms with van der Waals surface area (Å²) in [5, 5.41) is 19.2. The maximum atomic E-state index is 13.6. The van der Waals surface area contributed by atoms with Crippen LogP contribution >= 0.6 is 11.8 Å². The van der Waals surface area contributed by atoms with Crippen LogP contribution in [0.15, 0.2) is 71.8 Å². The summed E-state index contributed by atoms with van der Waals surface area (Å²) >= 11 is 1.15. The van der Waals surface area contributed by atoms with Gasteiger partial charge in [0.1, 0.15) is 12.3 Å². The Morgan fingerprint density at radius 1 is 0.875 bits per heavy atom. The van der Waals surface area contributed by atoms with Crippen LogP contribution < -0.4 is 9.47 Å². The first kappa shape index (κ1) is 28.7. The molecule has 0 aliphatic carbocycles. The number of para-hydroxylation sites is 1. The number of nitrogens with zero attached hydrogens (tertiary/aromatic N) is 1. The lowest BCUT2D eigenvalue weighted by Gasteiger charge is -2.09. The monoisotopic (exact) mass is 567 g/mol. The van der Waals surface area contributed by atoms with E-state index in [-0.39, 0.29) is 24.7 Å². The summed E-state index contributed by atoms with van der Waals surface area (Å²) in [5.74, 6) is -3.40. The summed E-state index contributed by atoms with van der Waals surface area (Å²) in [6, 6.07) is 16.9. The molecule has 0 unspecified atom stereocenters. The smallest absolute Gasteiger partial charge is 0.323 e. The molecule has 0 saturated carbocycles. The van der Waals surface area contributed by atoms with Crippen LogP contribution in [0.25, 0.3) is 23.1 Å². The van der Waals surface area contributed by atoms with E-state index >= 15 is 0 Å². The molecular weight excluding hydrogens is 540 g/mol. The van der Waals surface area contributed by atoms with E-state index in [1.165, 1.54) is 12.1 Å². The van der Waals surface area contributed by atoms with E-state index in [9.17, 15) is 23.5 Å². The van der Waals surface area contributed by atoms with Crippen LogP contribution in [0.5, 0.6) is 11.5 Å². The molecule has 2 N–H and O–H groups in total. The average Bonchev–Trinajstić information content (AvgIpc) is 3.28. The second-order valence-corrected chi connectivity index (χ2v) is 9.82. The van der Waals surface area contributed by atoms with E-state index in [0.29, 0.717) is 30.1 Å². The standard InChI is InChI=1S/C30H27F2NO6S/c31-24-7-4-8-25(29(24)32)39-16-2-1-15-38-22-13-10-20(11-14-22)9-12-21-5-3-6-23-26(40-19-28(36)37)17-33(30(21)23)18-27(34)35/h3-14,17H,1-2,15-16,18-19H2,(H,34,35)(H,36,37)/b12-9+. The van der Waals surface area contributed by atoms with Gasteiger partial charge in [-0.25, -0.2) is 4.39 Å². The number of ether oxygens (including phenoxy) is 2. The van der Waals surface area contributed by atoms with Crippen molar-refractivity contribution in [2.45, 2.75) is 24.3 Å². The Morgan fingerprint density at radius 2 is 1.60 bits per heavy atom. The molecule has 0 amide bonds. The highest BCUT2D eigenvalue weighted by Crippen LogP contribution is 2.33. The first-order valence-electron chi connectivity index (χ1n) is 12.5. The zero-order chi connectivity index (χ0) is 28.5. The second kappa shape index (κ2) is 13.7. The number of thioether (sulfide) groups is 1. The fourth-order valence-electron chi connectivity index (χ4n) is 4.05. The molecule has 3 aromatic carbocycles. The number of carbonyl (C=O) groups is 2. The number of aromatic nitrogens is 1. The molecule has 0 aliphatic rings. The zero-order valence-electron chi connectivity index (χ0n) is 21.4. The predicted octanol–water partition coefficient (Wildman–Crippen LogP) is 6.59. The summed E-state index contributed by atoms with van der Waals surface area (Å²) in [4.78, 5) is 23.2. The molecule has 4 rings (SSSR count). The van der Waals surface area contributed by atoms with Crippen LogP contribution in [0.2, 0.25) is 0 Å². The number of aliphatic carboxylic acids is 2. The SMILES string of the molecule is O=C(O)CSc1cn(CC(=O)O)c2c(/C=C/c3ccc(OCCCCOc4cccc(F)c4F)cc3)cccc12. The van der Waals surface area contributed by atoms with E-state index in [0.717, 1.165) is 39.9 Å². The molecule has 0 bridgehead atoms. The molecule has 40 heavy (non-hydrogen) atoms. The minimum atomic E-state index is -0.992. The van der Waals surface area contributed by atoms with Crippen LogP contribution in [-0.2, 0) is 16.1 Å². The summed E-state index contributed by atoms with van der Waals surface area (Å²) in [7, 11) is 0. The van der Waals surface area contributed by atoms with Crippen LogP contribution in [0, 0.1) is 11.6 Å². The Morgan fingerprint density at radius 3 is 2.33 bits per heavy atom. The Kier molecular flexibility index (Phi) is 9.80. The lowest BCUT2D eigenvalue weighted by atomic mass is 10.1. The fraction of sp³-hybridized carbons (Fsp3) is 0.200. The van der Waals surface area contributed by atoms with E-state index in [4.69, 9.17) is 14.6 Å². The Hall–Kier alpha value is -4.31. The number of hydrogen-bond acceptors (Lipinski definition) is 5. The van der Waals surface area contributed by atoms with Gasteiger partial charge in [0.05, 0.1) is 24.5 Å². The van der Waals surface area contributed by atoms with Gasteiger partial charge >= 0.3 is 11.9 Å². The highest BCUT2D eigenvalue weighted by atomic mass is 32.2. The van der Waals surface area contributed by atoms with E-state index in [1.54, 1.807) is 10.8 Å². The Balaban J connectivity index is 1.34. The average molecular weight is 568 g/mol. The first-order valence-corrected chi connectivity index (χ1v) is 13.5. The lowest BCUT2D eigenvalue weighted by molar-refractivity contribution is -0.137. The van der Waals surface area contributed by atoms with Gasteiger partial charge in [-0.1, -0.05) is 48.6 Å². The van der Waals surface area contributed by atoms with Gasteiger partial charge in [0.15, 0.2) is 11.6 Å². The Bertz CT molecular complexity index is 1520. The van der Waals surface area contributed by atoms with Gasteiger partial charge in [-0.15, -0.1) is 11.8 Å². The van der Waals surface area contributed by atoms with E-state index in [2.05, 4.69) is 0 Å². The highest BCUT2D eigenvalue weighted by molar-refractivity contribution is 8.00. The number of rotatable bonds is 14. The van der Waals surface area contributed by atoms with Crippen molar-refractivity contribution in [1.82, 2.24) is 4.57 Å². The lowest BCUT2D eigenvalue weighted by Crippen LogP contribution is -2.07. The van der Waals surface area contributed by atoms with E-state index < -0.39 is 23.6 Å². The molecule has 4 aromatic rings. The topological polar surface area (TPSA) is 98.0 Å². The van der Waals surface area contributed by atoms with Crippen molar-refractivity contribution in [3.63, 3.8) is 0 Å². The highest BCUT2D eigenvalue weighted by Gasteiger charge is 2.14. The number of fused-ring (bicyclic) bond motifs is 1. The van der Waals surface area contributed by atoms with Crippen molar-refractivity contribution in [2.75, 3.05) is 19.0 Å². The minimum Gasteiger partial charge on any atom is -0.494 e. The van der Waals surface area contributed by atoms with E-state index in [1.807, 2.05) is 54.6 Å². The molecule has 1 aromatic heterocycles. The van der Waals surface area contributed by atoms with Crippen molar-refractivity contribution < 1.29 is 38.1 Å². The predicted molar refractivity (Wildman–Crippen MR) is 150 cm³/mol. The molecule has 0 aliphatic heterocycles. The molecular formula is C30H27F2NO6S. The minimum absolute atomic E-state index is 0.103. The van der Waals surface area contributed by atoms with Crippen LogP contribution in [0.4, 0.5) is 8.78 Å². The summed E-state index contributed by atoms with van der Waals surface area (Å²) in [6.07, 6.45) is 6.77. The van der Waals surface area contributed by atoms with Crippen molar-refractivity contribution in [3.8, 4) is 11.5 Å². The van der Waals surface area contributed by atoms with Gasteiger partial charge in [0.25, 0.3) is 0 Å². The quantitative estimate of drug-likeness (QED) is 0.101. The van der Waals surface area contributed by atoms with Gasteiger partial charge in [-0.05, 0) is 48.2 Å². The molecule has 0 spiro atoms. The van der Waals surface area contributed by atoms with Gasteiger partial charge < -0.3 is 24.3 Å². The van der Waals surface area contributed by atoms with Crippen LogP contribution in [-0.4, -0.2) is 45.7 Å². The normalized spacial score (nSPS) is 11.2. The number of unbranched alkanes of at least 4 members (excludes halogenated alkanes) is 1. The summed E-state index contributed by atoms with van der Waals surface area (Å²) in [6.45, 7) is 0.444. The van der Waals surface area contributed by atoms with Gasteiger partial charge in [-0.2, -0.15) is 4.39 Å². The first-order chi connectivity index (χ1) is 19.3. The molecule has 7 nitrogen and oxygen atoms in total. The van der Waals surface area contributed by atoms with Gasteiger partial charge in [-0.3, -0.25) is 9.59 Å². The Labute approximate surface area is 233 Å². The third-order valence-electron chi connectivity index (χ3n) is 5.87. The summed E-state index contributed by atoms with van der Waals surface area (Å²) < 4.78 is 39.5. The fourth-order valence-corrected chi connectivity index (χ4v) is 4.85. The molecule has 208 valence electrons. The molecule has 0 fully saturated rings. The molecule has 0 radical (unpaired) electrons. The zero-order valence-corrected chi connectivity index (χ0v) is 22.2. The number of halogens is 2. The molecule has 10 heteroatoms. The molecule has 1 heterocycles. The van der Waals surface area contributed by atoms with Crippen LogP contribution in [0.3, 0.4) is 0 Å². The number of carboxylic acid groups (broad SMARTS) is 2. The maximum absolute atomic E-state index is 13.6. The van der Waals surface area contributed by atoms with Gasteiger partial charge in [0, 0.05) is 16.5 Å². The number of hydrogen-bond donors (Lipinski definition) is 2. The largest absolute Gasteiger partial charge is 0.494 e. The van der Waals surface area contributed by atoms with Gasteiger partial charge in [0.2, 0.25) is 5.82 Å². The summed E-state index contributed by atoms with van der Waals surface area (Å²) in [5.41, 5.74) is 2.44. The van der Waals surface area contributed by atoms with Crippen molar-refractivity contribution in [2.24, 2.45) is 0 Å². The maximum Gasteiger partial charge on any atom is 0.323 e. The molecule has 0 atom stereocenters. The molecule has 0 saturated heterocycles. The third-order valence-corrected chi connectivity index (χ3v) is 6.89. The van der Waals surface area contributed by atoms with Crippen LogP contribution in [0.1, 0.15) is 24.0 Å². The number of benzene rings is 3. The number of carboxylic acids is 2. The van der Waals surface area contributed by atoms with Crippen molar-refractivity contribution in [3.05, 3.63) is 89.6 Å². The third kappa shape index (κ3) is 7.63. The second-order valence-electron chi connectivity index (χ2n) is 8.80. The van der Waals surface area contributed by atoms with Crippen molar-refractivity contribution in [1.29, 1.82) is 0 Å².